The minimum absolute atomic E-state index is 0.0181. The molecule has 0 amide bonds. The van der Waals surface area contributed by atoms with Gasteiger partial charge < -0.3 is 14.7 Å². The summed E-state index contributed by atoms with van der Waals surface area (Å²) in [6.07, 6.45) is 0. The van der Waals surface area contributed by atoms with Crippen LogP contribution < -0.4 is 0 Å². The minimum Gasteiger partial charge on any atom is -0.395 e. The third-order valence-corrected chi connectivity index (χ3v) is 4.10. The summed E-state index contributed by atoms with van der Waals surface area (Å²) in [7, 11) is 0. The van der Waals surface area contributed by atoms with Gasteiger partial charge in [-0.3, -0.25) is 0 Å². The lowest BCUT2D eigenvalue weighted by molar-refractivity contribution is 0.271. The van der Waals surface area contributed by atoms with Crippen molar-refractivity contribution in [3.05, 3.63) is 41.7 Å². The molecule has 0 fully saturated rings. The fraction of sp³-hybridized carbons (Fsp3) is 0.389. The van der Waals surface area contributed by atoms with Crippen LogP contribution in [0, 0.1) is 6.92 Å². The van der Waals surface area contributed by atoms with Crippen molar-refractivity contribution in [2.75, 3.05) is 6.61 Å². The Kier molecular flexibility index (Phi) is 3.57. The van der Waals surface area contributed by atoms with Gasteiger partial charge in [0.15, 0.2) is 0 Å². The van der Waals surface area contributed by atoms with Crippen LogP contribution in [0.5, 0.6) is 0 Å². The number of nitrogens with zero attached hydrogens (tertiary/aromatic N) is 2. The number of aromatic amines is 1. The highest BCUT2D eigenvalue weighted by atomic mass is 16.3. The molecule has 0 atom stereocenters. The molecule has 3 aromatic rings. The maximum Gasteiger partial charge on any atom is 0.140 e. The van der Waals surface area contributed by atoms with Crippen LogP contribution >= 0.6 is 0 Å². The standard InChI is InChI=1S/C18H23N3O/c1-12-13(11-16(18(2,3)4)21(12)9-10-22)17-19-14-7-5-6-8-15(14)20-17/h5-8,11,22H,9-10H2,1-4H3,(H,19,20). The number of imidazole rings is 1. The first-order valence-corrected chi connectivity index (χ1v) is 7.68. The molecule has 0 unspecified atom stereocenters. The largest absolute Gasteiger partial charge is 0.395 e. The second kappa shape index (κ2) is 5.29. The van der Waals surface area contributed by atoms with Crippen LogP contribution in [0.15, 0.2) is 30.3 Å². The Labute approximate surface area is 130 Å². The van der Waals surface area contributed by atoms with E-state index in [1.54, 1.807) is 0 Å². The number of fused-ring (bicyclic) bond motifs is 1. The van der Waals surface area contributed by atoms with Crippen molar-refractivity contribution in [1.82, 2.24) is 14.5 Å². The van der Waals surface area contributed by atoms with Crippen molar-refractivity contribution in [3.8, 4) is 11.4 Å². The number of rotatable bonds is 3. The van der Waals surface area contributed by atoms with Gasteiger partial charge in [-0.2, -0.15) is 0 Å². The first kappa shape index (κ1) is 14.9. The molecule has 0 spiro atoms. The Morgan fingerprint density at radius 2 is 1.95 bits per heavy atom. The maximum absolute atomic E-state index is 9.38. The monoisotopic (exact) mass is 297 g/mol. The summed E-state index contributed by atoms with van der Waals surface area (Å²) in [5.74, 6) is 0.890. The summed E-state index contributed by atoms with van der Waals surface area (Å²) < 4.78 is 2.20. The van der Waals surface area contributed by atoms with Gasteiger partial charge in [-0.15, -0.1) is 0 Å². The molecule has 0 bridgehead atoms. The number of aliphatic hydroxyl groups is 1. The fourth-order valence-electron chi connectivity index (χ4n) is 2.97. The fourth-order valence-corrected chi connectivity index (χ4v) is 2.97. The highest BCUT2D eigenvalue weighted by Crippen LogP contribution is 2.32. The number of H-pyrrole nitrogens is 1. The molecule has 0 saturated carbocycles. The molecular weight excluding hydrogens is 274 g/mol. The van der Waals surface area contributed by atoms with Crippen LogP contribution in [0.4, 0.5) is 0 Å². The van der Waals surface area contributed by atoms with Gasteiger partial charge in [0.2, 0.25) is 0 Å². The van der Waals surface area contributed by atoms with E-state index in [0.29, 0.717) is 6.54 Å². The molecule has 2 heterocycles. The molecule has 0 aliphatic heterocycles. The van der Waals surface area contributed by atoms with Crippen molar-refractivity contribution < 1.29 is 5.11 Å². The van der Waals surface area contributed by atoms with Gasteiger partial charge in [0.1, 0.15) is 5.82 Å². The smallest absolute Gasteiger partial charge is 0.140 e. The van der Waals surface area contributed by atoms with E-state index in [0.717, 1.165) is 28.1 Å². The topological polar surface area (TPSA) is 53.8 Å². The summed E-state index contributed by atoms with van der Waals surface area (Å²) >= 11 is 0. The number of benzene rings is 1. The number of nitrogens with one attached hydrogen (secondary N) is 1. The lowest BCUT2D eigenvalue weighted by atomic mass is 9.92. The van der Waals surface area contributed by atoms with Gasteiger partial charge in [0.25, 0.3) is 0 Å². The lowest BCUT2D eigenvalue weighted by Gasteiger charge is -2.22. The molecular formula is C18H23N3O. The Hall–Kier alpha value is -2.07. The Morgan fingerprint density at radius 1 is 1.23 bits per heavy atom. The summed E-state index contributed by atoms with van der Waals surface area (Å²) in [5.41, 5.74) is 5.50. The summed E-state index contributed by atoms with van der Waals surface area (Å²) in [4.78, 5) is 8.11. The maximum atomic E-state index is 9.38. The quantitative estimate of drug-likeness (QED) is 0.775. The molecule has 0 radical (unpaired) electrons. The van der Waals surface area contributed by atoms with Crippen molar-refractivity contribution in [1.29, 1.82) is 0 Å². The third-order valence-electron chi connectivity index (χ3n) is 4.10. The van der Waals surface area contributed by atoms with Crippen LogP contribution in [0.3, 0.4) is 0 Å². The van der Waals surface area contributed by atoms with Crippen LogP contribution in [-0.2, 0) is 12.0 Å². The molecule has 2 N–H and O–H groups in total. The molecule has 22 heavy (non-hydrogen) atoms. The molecule has 1 aromatic carbocycles. The molecule has 2 aromatic heterocycles. The van der Waals surface area contributed by atoms with Gasteiger partial charge in [0.05, 0.1) is 17.6 Å². The van der Waals surface area contributed by atoms with Gasteiger partial charge in [-0.25, -0.2) is 4.98 Å². The van der Waals surface area contributed by atoms with E-state index < -0.39 is 0 Å². The van der Waals surface area contributed by atoms with E-state index in [2.05, 4.69) is 43.3 Å². The van der Waals surface area contributed by atoms with Crippen molar-refractivity contribution in [2.45, 2.75) is 39.7 Å². The number of aromatic nitrogens is 3. The summed E-state index contributed by atoms with van der Waals surface area (Å²) in [6, 6.07) is 10.3. The molecule has 0 aliphatic rings. The summed E-state index contributed by atoms with van der Waals surface area (Å²) in [6.45, 7) is 9.42. The average Bonchev–Trinajstić information content (AvgIpc) is 3.01. The van der Waals surface area contributed by atoms with Gasteiger partial charge >= 0.3 is 0 Å². The highest BCUT2D eigenvalue weighted by molar-refractivity contribution is 5.79. The lowest BCUT2D eigenvalue weighted by Crippen LogP contribution is -2.19. The van der Waals surface area contributed by atoms with E-state index in [1.807, 2.05) is 24.3 Å². The predicted octanol–water partition coefficient (Wildman–Crippen LogP) is 3.63. The third kappa shape index (κ3) is 2.44. The van der Waals surface area contributed by atoms with Gasteiger partial charge in [-0.05, 0) is 25.1 Å². The van der Waals surface area contributed by atoms with Crippen molar-refractivity contribution in [3.63, 3.8) is 0 Å². The normalized spacial score (nSPS) is 12.2. The Bertz CT molecular complexity index is 772. The van der Waals surface area contributed by atoms with E-state index in [9.17, 15) is 5.11 Å². The first-order chi connectivity index (χ1) is 10.4. The number of aliphatic hydroxyl groups excluding tert-OH is 1. The minimum atomic E-state index is 0.0181. The number of hydrogen-bond acceptors (Lipinski definition) is 2. The first-order valence-electron chi connectivity index (χ1n) is 7.68. The SMILES string of the molecule is Cc1c(-c2nc3ccccc3[nH]2)cc(C(C)(C)C)n1CCO. The van der Waals surface area contributed by atoms with Gasteiger partial charge in [0, 0.05) is 28.9 Å². The molecule has 0 saturated heterocycles. The van der Waals surface area contributed by atoms with Crippen molar-refractivity contribution >= 4 is 11.0 Å². The number of hydrogen-bond donors (Lipinski definition) is 2. The highest BCUT2D eigenvalue weighted by Gasteiger charge is 2.23. The van der Waals surface area contributed by atoms with E-state index in [4.69, 9.17) is 4.98 Å². The van der Waals surface area contributed by atoms with Crippen LogP contribution in [-0.4, -0.2) is 26.2 Å². The zero-order chi connectivity index (χ0) is 15.9. The zero-order valence-corrected chi connectivity index (χ0v) is 13.6. The Morgan fingerprint density at radius 3 is 2.59 bits per heavy atom. The van der Waals surface area contributed by atoms with E-state index >= 15 is 0 Å². The molecule has 4 heteroatoms. The number of para-hydroxylation sites is 2. The van der Waals surface area contributed by atoms with Crippen LogP contribution in [0.25, 0.3) is 22.4 Å². The Balaban J connectivity index is 2.18. The van der Waals surface area contributed by atoms with Crippen LogP contribution in [0.2, 0.25) is 0 Å². The zero-order valence-electron chi connectivity index (χ0n) is 13.6. The predicted molar refractivity (Wildman–Crippen MR) is 90.0 cm³/mol. The molecule has 3 rings (SSSR count). The second-order valence-corrected chi connectivity index (χ2v) is 6.76. The van der Waals surface area contributed by atoms with Crippen molar-refractivity contribution in [2.24, 2.45) is 0 Å². The van der Waals surface area contributed by atoms with E-state index in [-0.39, 0.29) is 12.0 Å². The molecule has 116 valence electrons. The van der Waals surface area contributed by atoms with Crippen LogP contribution in [0.1, 0.15) is 32.2 Å². The average molecular weight is 297 g/mol. The summed E-state index contributed by atoms with van der Waals surface area (Å²) in [5, 5.41) is 9.38. The molecule has 0 aliphatic carbocycles. The van der Waals surface area contributed by atoms with E-state index in [1.165, 1.54) is 5.69 Å². The second-order valence-electron chi connectivity index (χ2n) is 6.76. The van der Waals surface area contributed by atoms with Gasteiger partial charge in [-0.1, -0.05) is 32.9 Å². The molecule has 4 nitrogen and oxygen atoms in total.